The maximum atomic E-state index is 14.4. The number of aryl methyl sites for hydroxylation is 1. The lowest BCUT2D eigenvalue weighted by Gasteiger charge is -2.11. The molecule has 0 aliphatic carbocycles. The van der Waals surface area contributed by atoms with Gasteiger partial charge in [-0.2, -0.15) is 8.42 Å². The zero-order valence-electron chi connectivity index (χ0n) is 14.9. The Morgan fingerprint density at radius 1 is 0.931 bits per heavy atom. The summed E-state index contributed by atoms with van der Waals surface area (Å²) in [7, 11) is -3.59. The van der Waals surface area contributed by atoms with Gasteiger partial charge in [-0.05, 0) is 53.6 Å². The van der Waals surface area contributed by atoms with E-state index in [-0.39, 0.29) is 28.2 Å². The molecule has 6 nitrogen and oxygen atoms in total. The first-order valence-corrected chi connectivity index (χ1v) is 9.45. The van der Waals surface area contributed by atoms with Crippen LogP contribution in [0, 0.1) is 11.6 Å². The Balaban J connectivity index is 1.76. The highest BCUT2D eigenvalue weighted by Crippen LogP contribution is 2.25. The van der Waals surface area contributed by atoms with Crippen molar-refractivity contribution in [3.8, 4) is 22.6 Å². The Kier molecular flexibility index (Phi) is 5.64. The van der Waals surface area contributed by atoms with Gasteiger partial charge in [-0.25, -0.2) is 8.78 Å². The molecule has 3 aromatic rings. The van der Waals surface area contributed by atoms with Crippen LogP contribution >= 0.6 is 0 Å². The molecule has 0 fully saturated rings. The Bertz CT molecular complexity index is 1180. The maximum Gasteiger partial charge on any atom is 0.488 e. The maximum absolute atomic E-state index is 14.4. The number of ether oxygens (including phenoxy) is 1. The number of nitrogens with zero attached hydrogens (tertiary/aromatic N) is 1. The predicted octanol–water partition coefficient (Wildman–Crippen LogP) is 3.50. The highest BCUT2D eigenvalue weighted by atomic mass is 32.3. The quantitative estimate of drug-likeness (QED) is 0.565. The average Bonchev–Trinajstić information content (AvgIpc) is 2.63. The smallest absolute Gasteiger partial charge is 0.488 e. The summed E-state index contributed by atoms with van der Waals surface area (Å²) in [6, 6.07) is 9.78. The first kappa shape index (κ1) is 20.5. The van der Waals surface area contributed by atoms with Crippen molar-refractivity contribution in [2.75, 3.05) is 0 Å². The van der Waals surface area contributed by atoms with Crippen LogP contribution in [0.3, 0.4) is 0 Å². The van der Waals surface area contributed by atoms with Crippen molar-refractivity contribution >= 4 is 10.5 Å². The van der Waals surface area contributed by atoms with Gasteiger partial charge in [-0.1, -0.05) is 3.89 Å². The second-order valence-corrected chi connectivity index (χ2v) is 6.97. The first-order valence-electron chi connectivity index (χ1n) is 8.14. The standard InChI is InChI=1S/C19H14F3NO5S/c1-23-7-6-12(10-19(23)24)13-8-17(20)16(18(21)9-13)11-27-14-2-4-15(5-3-14)28-29(22,25)26/h2-10H,11H2,1H3. The van der Waals surface area contributed by atoms with Crippen LogP contribution < -0.4 is 14.5 Å². The lowest BCUT2D eigenvalue weighted by molar-refractivity contribution is 0.292. The minimum absolute atomic E-state index is 0.156. The fraction of sp³-hybridized carbons (Fsp3) is 0.105. The van der Waals surface area contributed by atoms with Gasteiger partial charge in [0.05, 0.1) is 5.56 Å². The largest absolute Gasteiger partial charge is 0.489 e. The summed E-state index contributed by atoms with van der Waals surface area (Å²) in [5.41, 5.74) is -0.0693. The van der Waals surface area contributed by atoms with Crippen LogP contribution in [0.4, 0.5) is 12.7 Å². The van der Waals surface area contributed by atoms with Crippen molar-refractivity contribution in [1.29, 1.82) is 0 Å². The van der Waals surface area contributed by atoms with Crippen molar-refractivity contribution in [2.45, 2.75) is 6.61 Å². The number of aromatic nitrogens is 1. The van der Waals surface area contributed by atoms with E-state index in [0.717, 1.165) is 24.3 Å². The molecule has 0 spiro atoms. The molecule has 0 saturated carbocycles. The van der Waals surface area contributed by atoms with E-state index in [4.69, 9.17) is 4.74 Å². The lowest BCUT2D eigenvalue weighted by Crippen LogP contribution is -2.14. The summed E-state index contributed by atoms with van der Waals surface area (Å²) in [5, 5.41) is 0. The Morgan fingerprint density at radius 3 is 2.07 bits per heavy atom. The van der Waals surface area contributed by atoms with Crippen LogP contribution in [0.5, 0.6) is 11.5 Å². The van der Waals surface area contributed by atoms with Crippen molar-refractivity contribution in [3.05, 3.63) is 82.3 Å². The molecule has 0 atom stereocenters. The van der Waals surface area contributed by atoms with Crippen LogP contribution in [0.1, 0.15) is 5.56 Å². The second-order valence-electron chi connectivity index (χ2n) is 6.02. The number of halogens is 3. The molecule has 0 amide bonds. The molecule has 0 N–H and O–H groups in total. The summed E-state index contributed by atoms with van der Waals surface area (Å²) in [4.78, 5) is 11.7. The van der Waals surface area contributed by atoms with E-state index in [1.54, 1.807) is 13.1 Å². The Labute approximate surface area is 164 Å². The first-order chi connectivity index (χ1) is 13.6. The van der Waals surface area contributed by atoms with Crippen molar-refractivity contribution in [2.24, 2.45) is 7.05 Å². The molecule has 0 saturated heterocycles. The van der Waals surface area contributed by atoms with Gasteiger partial charge in [0.25, 0.3) is 5.56 Å². The minimum atomic E-state index is -5.15. The minimum Gasteiger partial charge on any atom is -0.489 e. The van der Waals surface area contributed by atoms with E-state index >= 15 is 0 Å². The molecule has 0 unspecified atom stereocenters. The summed E-state index contributed by atoms with van der Waals surface area (Å²) in [6.45, 7) is -0.448. The molecule has 0 aliphatic rings. The van der Waals surface area contributed by atoms with Gasteiger partial charge in [0.2, 0.25) is 0 Å². The third-order valence-electron chi connectivity index (χ3n) is 3.98. The van der Waals surface area contributed by atoms with E-state index in [1.807, 2.05) is 0 Å². The van der Waals surface area contributed by atoms with Crippen molar-refractivity contribution < 1.29 is 30.0 Å². The molecular weight excluding hydrogens is 411 g/mol. The fourth-order valence-electron chi connectivity index (χ4n) is 2.50. The van der Waals surface area contributed by atoms with Gasteiger partial charge in [0.1, 0.15) is 29.7 Å². The molecule has 3 rings (SSSR count). The molecule has 0 aliphatic heterocycles. The third kappa shape index (κ3) is 5.17. The zero-order chi connectivity index (χ0) is 21.2. The summed E-state index contributed by atoms with van der Waals surface area (Å²) in [5.74, 6) is -1.84. The number of benzene rings is 2. The highest BCUT2D eigenvalue weighted by Gasteiger charge is 2.14. The van der Waals surface area contributed by atoms with Crippen LogP contribution in [0.15, 0.2) is 59.5 Å². The fourth-order valence-corrected chi connectivity index (χ4v) is 2.84. The Hall–Kier alpha value is -3.27. The topological polar surface area (TPSA) is 74.6 Å². The van der Waals surface area contributed by atoms with E-state index in [2.05, 4.69) is 4.18 Å². The van der Waals surface area contributed by atoms with Gasteiger partial charge in [-0.15, -0.1) is 0 Å². The predicted molar refractivity (Wildman–Crippen MR) is 98.5 cm³/mol. The van der Waals surface area contributed by atoms with Crippen LogP contribution in [-0.2, 0) is 24.2 Å². The Morgan fingerprint density at radius 2 is 1.52 bits per heavy atom. The van der Waals surface area contributed by atoms with E-state index in [1.165, 1.54) is 29.0 Å². The van der Waals surface area contributed by atoms with Crippen molar-refractivity contribution in [3.63, 3.8) is 0 Å². The van der Waals surface area contributed by atoms with Gasteiger partial charge < -0.3 is 13.5 Å². The molecule has 152 valence electrons. The molecule has 0 radical (unpaired) electrons. The summed E-state index contributed by atoms with van der Waals surface area (Å²) >= 11 is 0. The van der Waals surface area contributed by atoms with E-state index in [0.29, 0.717) is 5.56 Å². The zero-order valence-corrected chi connectivity index (χ0v) is 15.8. The van der Waals surface area contributed by atoms with Gasteiger partial charge >= 0.3 is 10.5 Å². The molecule has 1 heterocycles. The summed E-state index contributed by atoms with van der Waals surface area (Å²) in [6.07, 6.45) is 1.49. The average molecular weight is 425 g/mol. The second kappa shape index (κ2) is 8.00. The van der Waals surface area contributed by atoms with E-state index in [9.17, 15) is 25.9 Å². The number of pyridine rings is 1. The molecular formula is C19H14F3NO5S. The third-order valence-corrected chi connectivity index (χ3v) is 4.37. The van der Waals surface area contributed by atoms with Crippen LogP contribution in [0.25, 0.3) is 11.1 Å². The number of rotatable bonds is 6. The summed E-state index contributed by atoms with van der Waals surface area (Å²) < 4.78 is 72.7. The molecule has 1 aromatic heterocycles. The molecule has 10 heteroatoms. The van der Waals surface area contributed by atoms with Crippen LogP contribution in [-0.4, -0.2) is 13.0 Å². The monoisotopic (exact) mass is 425 g/mol. The molecule has 2 aromatic carbocycles. The van der Waals surface area contributed by atoms with E-state index < -0.39 is 28.7 Å². The lowest BCUT2D eigenvalue weighted by atomic mass is 10.0. The number of hydrogen-bond acceptors (Lipinski definition) is 5. The highest BCUT2D eigenvalue weighted by molar-refractivity contribution is 7.81. The van der Waals surface area contributed by atoms with Gasteiger partial charge in [0, 0.05) is 19.3 Å². The van der Waals surface area contributed by atoms with Crippen LogP contribution in [0.2, 0.25) is 0 Å². The molecule has 0 bridgehead atoms. The SMILES string of the molecule is Cn1ccc(-c2cc(F)c(COc3ccc(OS(=O)(=O)F)cc3)c(F)c2)cc1=O. The van der Waals surface area contributed by atoms with Crippen molar-refractivity contribution in [1.82, 2.24) is 4.57 Å². The number of hydrogen-bond donors (Lipinski definition) is 0. The molecule has 29 heavy (non-hydrogen) atoms. The normalized spacial score (nSPS) is 11.3. The van der Waals surface area contributed by atoms with Gasteiger partial charge in [-0.3, -0.25) is 4.79 Å². The van der Waals surface area contributed by atoms with Gasteiger partial charge in [0.15, 0.2) is 0 Å².